The topological polar surface area (TPSA) is 32.8 Å². The van der Waals surface area contributed by atoms with E-state index in [0.717, 1.165) is 17.4 Å². The van der Waals surface area contributed by atoms with E-state index in [1.165, 1.54) is 11.8 Å². The zero-order valence-electron chi connectivity index (χ0n) is 10.5. The average molecular weight is 276 g/mol. The molecule has 1 heterocycles. The molecule has 4 nitrogen and oxygen atoms in total. The minimum absolute atomic E-state index is 0.160. The fourth-order valence-corrected chi connectivity index (χ4v) is 2.91. The van der Waals surface area contributed by atoms with Gasteiger partial charge in [-0.1, -0.05) is 24.0 Å². The predicted molar refractivity (Wildman–Crippen MR) is 75.4 cm³/mol. The van der Waals surface area contributed by atoms with E-state index in [1.807, 2.05) is 4.90 Å². The lowest BCUT2D eigenvalue weighted by atomic mass is 10.4. The van der Waals surface area contributed by atoms with Crippen molar-refractivity contribution in [3.05, 3.63) is 0 Å². The number of hydrogen-bond acceptors (Lipinski definition) is 4. The van der Waals surface area contributed by atoms with Gasteiger partial charge in [0, 0.05) is 26.2 Å². The van der Waals surface area contributed by atoms with Crippen LogP contribution in [-0.2, 0) is 9.53 Å². The second kappa shape index (κ2) is 7.89. The van der Waals surface area contributed by atoms with E-state index in [2.05, 4.69) is 18.7 Å². The Balaban J connectivity index is 2.29. The van der Waals surface area contributed by atoms with Crippen molar-refractivity contribution in [3.8, 4) is 0 Å². The van der Waals surface area contributed by atoms with E-state index >= 15 is 0 Å². The maximum Gasteiger partial charge on any atom is 0.233 e. The van der Waals surface area contributed by atoms with Gasteiger partial charge in [-0.25, -0.2) is 0 Å². The highest BCUT2D eigenvalue weighted by Gasteiger charge is 2.17. The van der Waals surface area contributed by atoms with Crippen LogP contribution < -0.4 is 0 Å². The minimum atomic E-state index is 0.160. The number of morpholine rings is 1. The maximum absolute atomic E-state index is 11.9. The van der Waals surface area contributed by atoms with Crippen LogP contribution >= 0.6 is 24.0 Å². The van der Waals surface area contributed by atoms with Crippen LogP contribution in [0.2, 0.25) is 0 Å². The highest BCUT2D eigenvalue weighted by molar-refractivity contribution is 8.23. The van der Waals surface area contributed by atoms with Gasteiger partial charge in [0.25, 0.3) is 0 Å². The quantitative estimate of drug-likeness (QED) is 0.721. The Hall–Kier alpha value is -0.330. The van der Waals surface area contributed by atoms with Gasteiger partial charge in [-0.05, 0) is 13.8 Å². The molecule has 0 saturated carbocycles. The third-order valence-electron chi connectivity index (χ3n) is 2.70. The Labute approximate surface area is 113 Å². The first-order chi connectivity index (χ1) is 8.19. The van der Waals surface area contributed by atoms with E-state index < -0.39 is 0 Å². The average Bonchev–Trinajstić information content (AvgIpc) is 2.38. The van der Waals surface area contributed by atoms with Crippen LogP contribution in [0.1, 0.15) is 13.8 Å². The molecule has 0 aliphatic carbocycles. The second-order valence-electron chi connectivity index (χ2n) is 3.72. The smallest absolute Gasteiger partial charge is 0.233 e. The molecule has 1 aliphatic heterocycles. The zero-order valence-corrected chi connectivity index (χ0v) is 12.1. The number of thioether (sulfide) groups is 1. The molecule has 98 valence electrons. The Kier molecular flexibility index (Phi) is 6.84. The molecule has 0 radical (unpaired) electrons. The fourth-order valence-electron chi connectivity index (χ4n) is 1.60. The van der Waals surface area contributed by atoms with Gasteiger partial charge in [0.05, 0.1) is 19.0 Å². The molecule has 1 fully saturated rings. The van der Waals surface area contributed by atoms with Crippen molar-refractivity contribution in [2.75, 3.05) is 45.1 Å². The van der Waals surface area contributed by atoms with E-state index in [0.29, 0.717) is 32.1 Å². The van der Waals surface area contributed by atoms with E-state index in [9.17, 15) is 4.79 Å². The lowest BCUT2D eigenvalue weighted by Crippen LogP contribution is -2.42. The van der Waals surface area contributed by atoms with Crippen LogP contribution in [-0.4, -0.2) is 65.2 Å². The van der Waals surface area contributed by atoms with E-state index in [-0.39, 0.29) is 5.91 Å². The van der Waals surface area contributed by atoms with Crippen LogP contribution in [0.3, 0.4) is 0 Å². The molecule has 17 heavy (non-hydrogen) atoms. The molecule has 6 heteroatoms. The molecule has 0 atom stereocenters. The van der Waals surface area contributed by atoms with E-state index in [1.54, 1.807) is 0 Å². The van der Waals surface area contributed by atoms with Crippen molar-refractivity contribution in [3.63, 3.8) is 0 Å². The van der Waals surface area contributed by atoms with Crippen LogP contribution in [0.25, 0.3) is 0 Å². The largest absolute Gasteiger partial charge is 0.378 e. The van der Waals surface area contributed by atoms with Gasteiger partial charge in [-0.3, -0.25) is 4.79 Å². The second-order valence-corrected chi connectivity index (χ2v) is 5.33. The first-order valence-corrected chi connectivity index (χ1v) is 7.35. The minimum Gasteiger partial charge on any atom is -0.378 e. The predicted octanol–water partition coefficient (Wildman–Crippen LogP) is 1.21. The first kappa shape index (κ1) is 14.7. The van der Waals surface area contributed by atoms with Crippen molar-refractivity contribution in [1.82, 2.24) is 9.80 Å². The zero-order chi connectivity index (χ0) is 12.7. The molecular weight excluding hydrogens is 256 g/mol. The number of carbonyl (C=O) groups excluding carboxylic acids is 1. The molecule has 0 aromatic carbocycles. The molecule has 0 aromatic heterocycles. The number of rotatable bonds is 4. The summed E-state index contributed by atoms with van der Waals surface area (Å²) in [5, 5.41) is 0. The first-order valence-electron chi connectivity index (χ1n) is 5.96. The van der Waals surface area contributed by atoms with Gasteiger partial charge in [-0.2, -0.15) is 0 Å². The molecule has 0 aromatic rings. The molecule has 0 N–H and O–H groups in total. The Morgan fingerprint density at radius 3 is 2.47 bits per heavy atom. The molecule has 1 rings (SSSR count). The summed E-state index contributed by atoms with van der Waals surface area (Å²) in [7, 11) is 0. The number of carbonyl (C=O) groups is 1. The highest BCUT2D eigenvalue weighted by Crippen LogP contribution is 2.11. The molecular formula is C11H20N2O2S2. The molecule has 0 bridgehead atoms. The molecule has 0 unspecified atom stereocenters. The lowest BCUT2D eigenvalue weighted by molar-refractivity contribution is -0.132. The Morgan fingerprint density at radius 1 is 1.35 bits per heavy atom. The third kappa shape index (κ3) is 4.81. The van der Waals surface area contributed by atoms with Gasteiger partial charge in [0.15, 0.2) is 0 Å². The third-order valence-corrected chi connectivity index (χ3v) is 4.21. The molecule has 1 aliphatic rings. The summed E-state index contributed by atoms with van der Waals surface area (Å²) in [6.45, 7) is 8.64. The summed E-state index contributed by atoms with van der Waals surface area (Å²) in [4.78, 5) is 15.8. The number of hydrogen-bond donors (Lipinski definition) is 0. The molecule has 1 amide bonds. The summed E-state index contributed by atoms with van der Waals surface area (Å²) >= 11 is 6.75. The van der Waals surface area contributed by atoms with Gasteiger partial charge in [0.2, 0.25) is 5.91 Å². The summed E-state index contributed by atoms with van der Waals surface area (Å²) in [5.74, 6) is 0.600. The Morgan fingerprint density at radius 2 is 1.94 bits per heavy atom. The lowest BCUT2D eigenvalue weighted by Gasteiger charge is -2.27. The van der Waals surface area contributed by atoms with Crippen LogP contribution in [0.5, 0.6) is 0 Å². The van der Waals surface area contributed by atoms with Gasteiger partial charge in [0.1, 0.15) is 4.32 Å². The van der Waals surface area contributed by atoms with Gasteiger partial charge in [-0.15, -0.1) is 0 Å². The maximum atomic E-state index is 11.9. The van der Waals surface area contributed by atoms with Crippen molar-refractivity contribution >= 4 is 34.2 Å². The highest BCUT2D eigenvalue weighted by atomic mass is 32.2. The number of thiocarbonyl (C=S) groups is 1. The summed E-state index contributed by atoms with van der Waals surface area (Å²) < 4.78 is 6.03. The summed E-state index contributed by atoms with van der Waals surface area (Å²) in [5.41, 5.74) is 0. The number of ether oxygens (including phenoxy) is 1. The monoisotopic (exact) mass is 276 g/mol. The van der Waals surface area contributed by atoms with Gasteiger partial charge >= 0.3 is 0 Å². The SMILES string of the molecule is CCN(CC)C(=S)SCC(=O)N1CCOCC1. The summed E-state index contributed by atoms with van der Waals surface area (Å²) in [6.07, 6.45) is 0. The van der Waals surface area contributed by atoms with Crippen molar-refractivity contribution in [1.29, 1.82) is 0 Å². The fraction of sp³-hybridized carbons (Fsp3) is 0.818. The number of amides is 1. The van der Waals surface area contributed by atoms with Crippen molar-refractivity contribution < 1.29 is 9.53 Å². The van der Waals surface area contributed by atoms with Crippen molar-refractivity contribution in [2.24, 2.45) is 0 Å². The van der Waals surface area contributed by atoms with Crippen LogP contribution in [0, 0.1) is 0 Å². The van der Waals surface area contributed by atoms with E-state index in [4.69, 9.17) is 17.0 Å². The normalized spacial score (nSPS) is 15.8. The molecule has 0 spiro atoms. The van der Waals surface area contributed by atoms with Crippen LogP contribution in [0.4, 0.5) is 0 Å². The standard InChI is InChI=1S/C11H20N2O2S2/c1-3-12(4-2)11(16)17-9-10(14)13-5-7-15-8-6-13/h3-9H2,1-2H3. The molecule has 1 saturated heterocycles. The Bertz CT molecular complexity index is 264. The van der Waals surface area contributed by atoms with Gasteiger partial charge < -0.3 is 14.5 Å². The van der Waals surface area contributed by atoms with Crippen molar-refractivity contribution in [2.45, 2.75) is 13.8 Å². The number of nitrogens with zero attached hydrogens (tertiary/aromatic N) is 2. The van der Waals surface area contributed by atoms with Crippen LogP contribution in [0.15, 0.2) is 0 Å². The summed E-state index contributed by atoms with van der Waals surface area (Å²) in [6, 6.07) is 0.